The maximum absolute atomic E-state index is 12.0. The van der Waals surface area contributed by atoms with Crippen LogP contribution in [0.3, 0.4) is 0 Å². The first-order chi connectivity index (χ1) is 10.5. The minimum absolute atomic E-state index is 0.176. The van der Waals surface area contributed by atoms with Gasteiger partial charge in [0.15, 0.2) is 0 Å². The second kappa shape index (κ2) is 6.68. The van der Waals surface area contributed by atoms with E-state index < -0.39 is 10.8 Å². The van der Waals surface area contributed by atoms with Gasteiger partial charge in [-0.15, -0.1) is 0 Å². The topological polar surface area (TPSA) is 84.7 Å². The van der Waals surface area contributed by atoms with Gasteiger partial charge in [-0.1, -0.05) is 18.2 Å². The van der Waals surface area contributed by atoms with Crippen LogP contribution in [0.1, 0.15) is 10.4 Å². The molecule has 0 aliphatic carbocycles. The summed E-state index contributed by atoms with van der Waals surface area (Å²) >= 11 is 0. The lowest BCUT2D eigenvalue weighted by Gasteiger charge is -2.14. The molecule has 0 aliphatic heterocycles. The Hall–Kier alpha value is -2.93. The van der Waals surface area contributed by atoms with Crippen LogP contribution in [0, 0.1) is 10.1 Å². The zero-order valence-electron chi connectivity index (χ0n) is 12.1. The molecular formula is C15H15N3O4. The fourth-order valence-electron chi connectivity index (χ4n) is 1.86. The first kappa shape index (κ1) is 15.5. The zero-order valence-corrected chi connectivity index (χ0v) is 12.1. The molecule has 22 heavy (non-hydrogen) atoms. The van der Waals surface area contributed by atoms with Gasteiger partial charge in [0, 0.05) is 24.4 Å². The Bertz CT molecular complexity index is 688. The summed E-state index contributed by atoms with van der Waals surface area (Å²) in [6, 6.07) is 13.3. The van der Waals surface area contributed by atoms with Crippen LogP contribution < -0.4 is 5.32 Å². The van der Waals surface area contributed by atoms with Gasteiger partial charge >= 0.3 is 0 Å². The van der Waals surface area contributed by atoms with Crippen molar-refractivity contribution in [1.29, 1.82) is 0 Å². The van der Waals surface area contributed by atoms with Gasteiger partial charge < -0.3 is 5.32 Å². The largest absolute Gasteiger partial charge is 0.350 e. The average Bonchev–Trinajstić information content (AvgIpc) is 2.54. The molecule has 1 N–H and O–H groups in total. The normalized spacial score (nSPS) is 10.1. The quantitative estimate of drug-likeness (QED) is 0.678. The number of para-hydroxylation sites is 1. The van der Waals surface area contributed by atoms with Crippen molar-refractivity contribution in [1.82, 2.24) is 5.06 Å². The third kappa shape index (κ3) is 3.39. The molecular weight excluding hydrogens is 286 g/mol. The molecule has 2 aromatic carbocycles. The highest BCUT2D eigenvalue weighted by molar-refractivity contribution is 5.95. The molecule has 0 bridgehead atoms. The van der Waals surface area contributed by atoms with Crippen molar-refractivity contribution < 1.29 is 14.6 Å². The number of rotatable bonds is 5. The molecule has 0 aromatic heterocycles. The smallest absolute Gasteiger partial charge is 0.293 e. The van der Waals surface area contributed by atoms with Crippen molar-refractivity contribution in [2.45, 2.75) is 0 Å². The highest BCUT2D eigenvalue weighted by Crippen LogP contribution is 2.29. The first-order valence-electron chi connectivity index (χ1n) is 6.45. The maximum Gasteiger partial charge on any atom is 0.293 e. The van der Waals surface area contributed by atoms with Crippen LogP contribution in [-0.2, 0) is 4.84 Å². The number of benzene rings is 2. The van der Waals surface area contributed by atoms with Crippen LogP contribution in [-0.4, -0.2) is 30.1 Å². The van der Waals surface area contributed by atoms with E-state index in [1.54, 1.807) is 12.1 Å². The maximum atomic E-state index is 12.0. The summed E-state index contributed by atoms with van der Waals surface area (Å²) in [5, 5.41) is 15.2. The fraction of sp³-hybridized carbons (Fsp3) is 0.133. The standard InChI is InChI=1S/C15H15N3O4/c1-17(22-2)15(19)11-8-9-13(14(10-11)18(20)21)16-12-6-4-3-5-7-12/h3-10,16H,1-2H3. The summed E-state index contributed by atoms with van der Waals surface area (Å²) in [5.41, 5.74) is 1.03. The van der Waals surface area contributed by atoms with Crippen molar-refractivity contribution >= 4 is 23.0 Å². The molecule has 1 amide bonds. The number of carbonyl (C=O) groups is 1. The minimum atomic E-state index is -0.533. The van der Waals surface area contributed by atoms with Crippen molar-refractivity contribution in [3.05, 3.63) is 64.2 Å². The Kier molecular flexibility index (Phi) is 4.70. The van der Waals surface area contributed by atoms with Gasteiger partial charge in [-0.25, -0.2) is 5.06 Å². The average molecular weight is 301 g/mol. The molecule has 0 saturated heterocycles. The van der Waals surface area contributed by atoms with Crippen molar-refractivity contribution in [3.8, 4) is 0 Å². The molecule has 0 radical (unpaired) electrons. The summed E-state index contributed by atoms with van der Waals surface area (Å²) in [6.07, 6.45) is 0. The van der Waals surface area contributed by atoms with Gasteiger partial charge in [-0.3, -0.25) is 19.7 Å². The van der Waals surface area contributed by atoms with Crippen molar-refractivity contribution in [3.63, 3.8) is 0 Å². The molecule has 7 heteroatoms. The summed E-state index contributed by atoms with van der Waals surface area (Å²) in [7, 11) is 2.78. The zero-order chi connectivity index (χ0) is 16.1. The van der Waals surface area contributed by atoms with Gasteiger partial charge in [0.2, 0.25) is 0 Å². The number of nitro groups is 1. The number of amides is 1. The molecule has 0 heterocycles. The lowest BCUT2D eigenvalue weighted by Crippen LogP contribution is -2.25. The Labute approximate surface area is 127 Å². The molecule has 0 saturated carbocycles. The van der Waals surface area contributed by atoms with E-state index >= 15 is 0 Å². The van der Waals surface area contributed by atoms with Gasteiger partial charge in [-0.2, -0.15) is 0 Å². The van der Waals surface area contributed by atoms with Gasteiger partial charge in [0.1, 0.15) is 5.69 Å². The molecule has 0 spiro atoms. The van der Waals surface area contributed by atoms with Crippen LogP contribution in [0.2, 0.25) is 0 Å². The highest BCUT2D eigenvalue weighted by Gasteiger charge is 2.19. The molecule has 0 unspecified atom stereocenters. The second-order valence-electron chi connectivity index (χ2n) is 4.47. The number of carbonyl (C=O) groups excluding carboxylic acids is 1. The summed E-state index contributed by atoms with van der Waals surface area (Å²) in [6.45, 7) is 0. The predicted molar refractivity (Wildman–Crippen MR) is 81.9 cm³/mol. The molecule has 114 valence electrons. The van der Waals surface area contributed by atoms with Crippen molar-refractivity contribution in [2.24, 2.45) is 0 Å². The molecule has 0 fully saturated rings. The Balaban J connectivity index is 2.36. The van der Waals surface area contributed by atoms with Crippen LogP contribution in [0.25, 0.3) is 0 Å². The van der Waals surface area contributed by atoms with Gasteiger partial charge in [0.05, 0.1) is 12.0 Å². The Morgan fingerprint density at radius 3 is 2.50 bits per heavy atom. The van der Waals surface area contributed by atoms with E-state index in [0.29, 0.717) is 5.69 Å². The van der Waals surface area contributed by atoms with Gasteiger partial charge in [-0.05, 0) is 24.3 Å². The van der Waals surface area contributed by atoms with Crippen LogP contribution in [0.4, 0.5) is 17.1 Å². The van der Waals surface area contributed by atoms with Crippen LogP contribution in [0.15, 0.2) is 48.5 Å². The van der Waals surface area contributed by atoms with E-state index in [9.17, 15) is 14.9 Å². The summed E-state index contributed by atoms with van der Waals surface area (Å²) < 4.78 is 0. The number of hydrogen-bond acceptors (Lipinski definition) is 5. The molecule has 2 aromatic rings. The van der Waals surface area contributed by atoms with E-state index in [-0.39, 0.29) is 11.3 Å². The number of hydrogen-bond donors (Lipinski definition) is 1. The van der Waals surface area contributed by atoms with Gasteiger partial charge in [0.25, 0.3) is 11.6 Å². The summed E-state index contributed by atoms with van der Waals surface area (Å²) in [5.74, 6) is -0.461. The molecule has 7 nitrogen and oxygen atoms in total. The van der Waals surface area contributed by atoms with E-state index in [2.05, 4.69) is 5.32 Å². The highest BCUT2D eigenvalue weighted by atomic mass is 16.7. The number of hydroxylamine groups is 2. The van der Waals surface area contributed by atoms with Crippen LogP contribution in [0.5, 0.6) is 0 Å². The lowest BCUT2D eigenvalue weighted by molar-refractivity contribution is -0.383. The second-order valence-corrected chi connectivity index (χ2v) is 4.47. The lowest BCUT2D eigenvalue weighted by atomic mass is 10.1. The fourth-order valence-corrected chi connectivity index (χ4v) is 1.86. The Morgan fingerprint density at radius 2 is 1.91 bits per heavy atom. The van der Waals surface area contributed by atoms with E-state index in [4.69, 9.17) is 4.84 Å². The third-order valence-electron chi connectivity index (χ3n) is 3.05. The van der Waals surface area contributed by atoms with E-state index in [0.717, 1.165) is 10.8 Å². The third-order valence-corrected chi connectivity index (χ3v) is 3.05. The molecule has 0 aliphatic rings. The molecule has 2 rings (SSSR count). The predicted octanol–water partition coefficient (Wildman–Crippen LogP) is 2.97. The van der Waals surface area contributed by atoms with Crippen LogP contribution >= 0.6 is 0 Å². The Morgan fingerprint density at radius 1 is 1.23 bits per heavy atom. The number of anilines is 2. The van der Waals surface area contributed by atoms with Crippen molar-refractivity contribution in [2.75, 3.05) is 19.5 Å². The van der Waals surface area contributed by atoms with E-state index in [1.807, 2.05) is 18.2 Å². The summed E-state index contributed by atoms with van der Waals surface area (Å²) in [4.78, 5) is 27.5. The first-order valence-corrected chi connectivity index (χ1v) is 6.45. The minimum Gasteiger partial charge on any atom is -0.350 e. The van der Waals surface area contributed by atoms with E-state index in [1.165, 1.54) is 32.4 Å². The molecule has 0 atom stereocenters. The number of nitrogens with one attached hydrogen (secondary N) is 1. The number of nitrogens with zero attached hydrogens (tertiary/aromatic N) is 2. The SMILES string of the molecule is CON(C)C(=O)c1ccc(Nc2ccccc2)c([N+](=O)[O-])c1. The number of nitro benzene ring substituents is 1. The monoisotopic (exact) mass is 301 g/mol.